The Bertz CT molecular complexity index is 773. The number of benzene rings is 2. The van der Waals surface area contributed by atoms with Crippen LogP contribution in [-0.4, -0.2) is 10.1 Å². The number of hydrogen-bond acceptors (Lipinski definition) is 4. The highest BCUT2D eigenvalue weighted by molar-refractivity contribution is 9.10. The standard InChI is InChI=1S/C14H9BrClN3O/c15-11-6-2-5-10(12(11)16)14-18-13(19-20-14)8-3-1-4-9(17)7-8/h1-7H,17H2. The number of hydrogen-bond donors (Lipinski definition) is 1. The number of rotatable bonds is 2. The molecule has 0 unspecified atom stereocenters. The zero-order chi connectivity index (χ0) is 14.1. The van der Waals surface area contributed by atoms with Crippen LogP contribution < -0.4 is 5.73 Å². The van der Waals surface area contributed by atoms with Crippen molar-refractivity contribution in [2.75, 3.05) is 5.73 Å². The van der Waals surface area contributed by atoms with Crippen LogP contribution in [0.5, 0.6) is 0 Å². The second-order valence-electron chi connectivity index (χ2n) is 4.15. The minimum atomic E-state index is 0.369. The van der Waals surface area contributed by atoms with Crippen LogP contribution in [0.2, 0.25) is 5.02 Å². The summed E-state index contributed by atoms with van der Waals surface area (Å²) < 4.78 is 6.05. The van der Waals surface area contributed by atoms with E-state index in [9.17, 15) is 0 Å². The molecule has 3 rings (SSSR count). The average Bonchev–Trinajstić information content (AvgIpc) is 2.91. The molecule has 0 radical (unpaired) electrons. The third-order valence-corrected chi connectivity index (χ3v) is 4.05. The maximum Gasteiger partial charge on any atom is 0.259 e. The van der Waals surface area contributed by atoms with E-state index in [1.807, 2.05) is 30.3 Å². The summed E-state index contributed by atoms with van der Waals surface area (Å²) in [5.74, 6) is 0.845. The predicted octanol–water partition coefficient (Wildman–Crippen LogP) is 4.40. The fourth-order valence-corrected chi connectivity index (χ4v) is 2.37. The fourth-order valence-electron chi connectivity index (χ4n) is 1.80. The molecule has 2 N–H and O–H groups in total. The summed E-state index contributed by atoms with van der Waals surface area (Å²) in [4.78, 5) is 4.36. The molecule has 6 heteroatoms. The van der Waals surface area contributed by atoms with Crippen molar-refractivity contribution in [2.45, 2.75) is 0 Å². The van der Waals surface area contributed by atoms with Gasteiger partial charge in [0.15, 0.2) is 0 Å². The van der Waals surface area contributed by atoms with Gasteiger partial charge in [-0.25, -0.2) is 0 Å². The molecule has 100 valence electrons. The number of aromatic nitrogens is 2. The SMILES string of the molecule is Nc1cccc(-c2noc(-c3cccc(Br)c3Cl)n2)c1. The van der Waals surface area contributed by atoms with E-state index in [2.05, 4.69) is 26.1 Å². The maximum absolute atomic E-state index is 6.21. The van der Waals surface area contributed by atoms with Crippen LogP contribution in [0, 0.1) is 0 Å². The molecule has 0 saturated carbocycles. The third-order valence-electron chi connectivity index (χ3n) is 2.75. The van der Waals surface area contributed by atoms with Gasteiger partial charge in [-0.15, -0.1) is 0 Å². The van der Waals surface area contributed by atoms with E-state index in [4.69, 9.17) is 21.9 Å². The van der Waals surface area contributed by atoms with Gasteiger partial charge in [-0.05, 0) is 40.2 Å². The maximum atomic E-state index is 6.21. The monoisotopic (exact) mass is 349 g/mol. The fraction of sp³-hybridized carbons (Fsp3) is 0. The van der Waals surface area contributed by atoms with Crippen LogP contribution in [0.15, 0.2) is 51.5 Å². The number of nitrogens with two attached hydrogens (primary N) is 1. The summed E-state index contributed by atoms with van der Waals surface area (Å²) in [7, 11) is 0. The summed E-state index contributed by atoms with van der Waals surface area (Å²) in [5, 5.41) is 4.50. The molecule has 0 saturated heterocycles. The van der Waals surface area contributed by atoms with Crippen molar-refractivity contribution < 1.29 is 4.52 Å². The molecular formula is C14H9BrClN3O. The van der Waals surface area contributed by atoms with Crippen LogP contribution in [-0.2, 0) is 0 Å². The lowest BCUT2D eigenvalue weighted by Gasteiger charge is -1.99. The van der Waals surface area contributed by atoms with Crippen molar-refractivity contribution in [1.29, 1.82) is 0 Å². The molecule has 20 heavy (non-hydrogen) atoms. The lowest BCUT2D eigenvalue weighted by molar-refractivity contribution is 0.432. The smallest absolute Gasteiger partial charge is 0.259 e. The molecule has 0 aliphatic rings. The first kappa shape index (κ1) is 13.1. The van der Waals surface area contributed by atoms with Crippen molar-refractivity contribution >= 4 is 33.2 Å². The molecule has 0 fully saturated rings. The van der Waals surface area contributed by atoms with Crippen LogP contribution in [0.3, 0.4) is 0 Å². The normalized spacial score (nSPS) is 10.7. The Balaban J connectivity index is 2.04. The Morgan fingerprint density at radius 1 is 1.15 bits per heavy atom. The Morgan fingerprint density at radius 2 is 1.95 bits per heavy atom. The summed E-state index contributed by atoms with van der Waals surface area (Å²) in [6, 6.07) is 12.8. The molecule has 0 spiro atoms. The summed E-state index contributed by atoms with van der Waals surface area (Å²) in [6.07, 6.45) is 0. The molecule has 0 atom stereocenters. The predicted molar refractivity (Wildman–Crippen MR) is 82.3 cm³/mol. The van der Waals surface area contributed by atoms with Crippen LogP contribution >= 0.6 is 27.5 Å². The second-order valence-corrected chi connectivity index (χ2v) is 5.38. The second kappa shape index (κ2) is 5.26. The minimum absolute atomic E-state index is 0.369. The molecule has 0 bridgehead atoms. The topological polar surface area (TPSA) is 64.9 Å². The largest absolute Gasteiger partial charge is 0.399 e. The van der Waals surface area contributed by atoms with Gasteiger partial charge < -0.3 is 10.3 Å². The van der Waals surface area contributed by atoms with E-state index in [0.717, 1.165) is 10.0 Å². The Hall–Kier alpha value is -1.85. The van der Waals surface area contributed by atoms with E-state index < -0.39 is 0 Å². The molecule has 0 aliphatic carbocycles. The molecule has 3 aromatic rings. The number of nitrogen functional groups attached to an aromatic ring is 1. The average molecular weight is 351 g/mol. The molecule has 1 heterocycles. The lowest BCUT2D eigenvalue weighted by Crippen LogP contribution is -1.86. The highest BCUT2D eigenvalue weighted by Gasteiger charge is 2.14. The summed E-state index contributed by atoms with van der Waals surface area (Å²) >= 11 is 9.58. The summed E-state index contributed by atoms with van der Waals surface area (Å²) in [5.41, 5.74) is 7.87. The van der Waals surface area contributed by atoms with Gasteiger partial charge >= 0.3 is 0 Å². The van der Waals surface area contributed by atoms with Gasteiger partial charge in [-0.3, -0.25) is 0 Å². The third kappa shape index (κ3) is 2.42. The van der Waals surface area contributed by atoms with Gasteiger partial charge in [0.05, 0.1) is 10.6 Å². The van der Waals surface area contributed by atoms with Gasteiger partial charge in [0.2, 0.25) is 5.82 Å². The van der Waals surface area contributed by atoms with Crippen molar-refractivity contribution in [3.8, 4) is 22.8 Å². The van der Waals surface area contributed by atoms with Gasteiger partial charge in [0.25, 0.3) is 5.89 Å². The van der Waals surface area contributed by atoms with E-state index >= 15 is 0 Å². The lowest BCUT2D eigenvalue weighted by atomic mass is 10.2. The zero-order valence-corrected chi connectivity index (χ0v) is 12.5. The number of anilines is 1. The summed E-state index contributed by atoms with van der Waals surface area (Å²) in [6.45, 7) is 0. The number of nitrogens with zero attached hydrogens (tertiary/aromatic N) is 2. The molecular weight excluding hydrogens is 342 g/mol. The molecule has 4 nitrogen and oxygen atoms in total. The zero-order valence-electron chi connectivity index (χ0n) is 10.2. The van der Waals surface area contributed by atoms with E-state index in [1.54, 1.807) is 12.1 Å². The van der Waals surface area contributed by atoms with Crippen molar-refractivity contribution in [2.24, 2.45) is 0 Å². The van der Waals surface area contributed by atoms with E-state index in [0.29, 0.717) is 28.0 Å². The van der Waals surface area contributed by atoms with Crippen LogP contribution in [0.25, 0.3) is 22.8 Å². The first-order valence-corrected chi connectivity index (χ1v) is 6.96. The Kier molecular flexibility index (Phi) is 3.46. The Morgan fingerprint density at radius 3 is 2.75 bits per heavy atom. The van der Waals surface area contributed by atoms with E-state index in [-0.39, 0.29) is 0 Å². The van der Waals surface area contributed by atoms with E-state index in [1.165, 1.54) is 0 Å². The van der Waals surface area contributed by atoms with Gasteiger partial charge in [-0.1, -0.05) is 35.0 Å². The first-order chi connectivity index (χ1) is 9.65. The van der Waals surface area contributed by atoms with Crippen LogP contribution in [0.1, 0.15) is 0 Å². The van der Waals surface area contributed by atoms with Crippen molar-refractivity contribution in [1.82, 2.24) is 10.1 Å². The van der Waals surface area contributed by atoms with Crippen molar-refractivity contribution in [3.63, 3.8) is 0 Å². The first-order valence-electron chi connectivity index (χ1n) is 5.79. The highest BCUT2D eigenvalue weighted by atomic mass is 79.9. The van der Waals surface area contributed by atoms with Gasteiger partial charge in [0.1, 0.15) is 0 Å². The van der Waals surface area contributed by atoms with Gasteiger partial charge in [0, 0.05) is 15.7 Å². The molecule has 0 aliphatic heterocycles. The molecule has 2 aromatic carbocycles. The molecule has 1 aromatic heterocycles. The quantitative estimate of drug-likeness (QED) is 0.696. The van der Waals surface area contributed by atoms with Gasteiger partial charge in [-0.2, -0.15) is 4.98 Å². The molecule has 0 amide bonds. The minimum Gasteiger partial charge on any atom is -0.399 e. The Labute approximate surface area is 128 Å². The highest BCUT2D eigenvalue weighted by Crippen LogP contribution is 2.33. The number of halogens is 2. The van der Waals surface area contributed by atoms with Crippen molar-refractivity contribution in [3.05, 3.63) is 52.0 Å². The van der Waals surface area contributed by atoms with Crippen LogP contribution in [0.4, 0.5) is 5.69 Å².